The molecule has 1 aromatic carbocycles. The van der Waals surface area contributed by atoms with Crippen molar-refractivity contribution < 1.29 is 23.5 Å². The van der Waals surface area contributed by atoms with Gasteiger partial charge in [0.15, 0.2) is 0 Å². The predicted molar refractivity (Wildman–Crippen MR) is 114 cm³/mol. The molecule has 11 heteroatoms. The van der Waals surface area contributed by atoms with Crippen molar-refractivity contribution in [1.29, 1.82) is 0 Å². The van der Waals surface area contributed by atoms with Gasteiger partial charge in [-0.15, -0.1) is 5.10 Å². The van der Waals surface area contributed by atoms with E-state index in [9.17, 15) is 14.7 Å². The number of piperidine rings is 1. The van der Waals surface area contributed by atoms with Gasteiger partial charge in [0, 0.05) is 43.3 Å². The number of anilines is 1. The Bertz CT molecular complexity index is 1100. The number of likely N-dealkylation sites (tertiary alicyclic amines) is 1. The highest BCUT2D eigenvalue weighted by Crippen LogP contribution is 2.38. The molecule has 2 aliphatic heterocycles. The molecular formula is C21H26FN5O5. The first kappa shape index (κ1) is 21.8. The summed E-state index contributed by atoms with van der Waals surface area (Å²) in [5, 5.41) is 19.4. The maximum Gasteiger partial charge on any atom is 0.434 e. The molecule has 1 aromatic heterocycles. The van der Waals surface area contributed by atoms with E-state index in [0.29, 0.717) is 48.6 Å². The molecule has 1 fully saturated rings. The number of carboxylic acid groups (broad SMARTS) is 1. The van der Waals surface area contributed by atoms with Gasteiger partial charge < -0.3 is 24.2 Å². The predicted octanol–water partition coefficient (Wildman–Crippen LogP) is 2.75. The zero-order valence-corrected chi connectivity index (χ0v) is 18.2. The number of amides is 1. The van der Waals surface area contributed by atoms with Gasteiger partial charge in [-0.25, -0.2) is 19.1 Å². The first-order valence-electron chi connectivity index (χ1n) is 10.5. The smallest absolute Gasteiger partial charge is 0.434 e. The summed E-state index contributed by atoms with van der Waals surface area (Å²) in [6.07, 6.45) is 0.316. The molecule has 0 unspecified atom stereocenters. The topological polar surface area (TPSA) is 124 Å². The van der Waals surface area contributed by atoms with Crippen molar-refractivity contribution in [1.82, 2.24) is 15.1 Å². The van der Waals surface area contributed by atoms with Crippen molar-refractivity contribution in [3.8, 4) is 11.5 Å². The highest BCUT2D eigenvalue weighted by atomic mass is 19.1. The molecule has 2 N–H and O–H groups in total. The lowest BCUT2D eigenvalue weighted by Crippen LogP contribution is -2.51. The number of carbonyl (C=O) groups is 1. The first-order chi connectivity index (χ1) is 15.3. The van der Waals surface area contributed by atoms with Crippen molar-refractivity contribution in [2.24, 2.45) is 17.0 Å². The summed E-state index contributed by atoms with van der Waals surface area (Å²) in [5.41, 5.74) is 1.81. The fourth-order valence-corrected chi connectivity index (χ4v) is 4.96. The van der Waals surface area contributed by atoms with Gasteiger partial charge in [-0.3, -0.25) is 0 Å². The molecular weight excluding hydrogens is 421 g/mol. The van der Waals surface area contributed by atoms with E-state index in [1.807, 2.05) is 6.92 Å². The summed E-state index contributed by atoms with van der Waals surface area (Å²) in [7, 11) is 1.42. The average Bonchev–Trinajstić information content (AvgIpc) is 3.19. The zero-order valence-electron chi connectivity index (χ0n) is 18.2. The number of benzene rings is 1. The third kappa shape index (κ3) is 3.94. The lowest BCUT2D eigenvalue weighted by atomic mass is 9.80. The molecule has 172 valence electrons. The second kappa shape index (κ2) is 8.64. The number of fused-ring (bicyclic) bond motifs is 1. The fourth-order valence-electron chi connectivity index (χ4n) is 4.96. The number of halogens is 1. The Morgan fingerprint density at radius 3 is 2.84 bits per heavy atom. The molecule has 0 spiro atoms. The summed E-state index contributed by atoms with van der Waals surface area (Å²) < 4.78 is 20.3. The second-order valence-corrected chi connectivity index (χ2v) is 8.33. The fraction of sp³-hybridized carbons (Fsp3) is 0.524. The van der Waals surface area contributed by atoms with Crippen LogP contribution in [0.1, 0.15) is 32.3 Å². The van der Waals surface area contributed by atoms with Gasteiger partial charge >= 0.3 is 11.8 Å². The molecule has 2 aromatic rings. The quantitative estimate of drug-likeness (QED) is 0.691. The van der Waals surface area contributed by atoms with E-state index >= 15 is 4.39 Å². The molecule has 3 heterocycles. The van der Waals surface area contributed by atoms with E-state index in [-0.39, 0.29) is 23.8 Å². The number of nitrogens with one attached hydrogen (secondary N) is 1. The SMILES string of the molecule is CO/N=C1\CCN([C@@H](C)[C@H]2CCN(C(=O)O)C[C@H]2C)c2cc(-c3n[nH]c(=O)o3)cc(F)c21. The van der Waals surface area contributed by atoms with E-state index in [4.69, 9.17) is 9.25 Å². The molecule has 0 bridgehead atoms. The molecule has 10 nitrogen and oxygen atoms in total. The van der Waals surface area contributed by atoms with E-state index in [1.54, 1.807) is 6.07 Å². The number of H-pyrrole nitrogens is 1. The monoisotopic (exact) mass is 447 g/mol. The van der Waals surface area contributed by atoms with Crippen LogP contribution in [-0.2, 0) is 4.84 Å². The van der Waals surface area contributed by atoms with Gasteiger partial charge in [-0.05, 0) is 37.3 Å². The van der Waals surface area contributed by atoms with Crippen molar-refractivity contribution in [3.05, 3.63) is 34.1 Å². The minimum atomic E-state index is -0.904. The van der Waals surface area contributed by atoms with E-state index < -0.39 is 17.7 Å². The van der Waals surface area contributed by atoms with E-state index in [2.05, 4.69) is 27.2 Å². The summed E-state index contributed by atoms with van der Waals surface area (Å²) >= 11 is 0. The largest absolute Gasteiger partial charge is 0.465 e. The van der Waals surface area contributed by atoms with Crippen LogP contribution in [0.2, 0.25) is 0 Å². The third-order valence-electron chi connectivity index (χ3n) is 6.50. The van der Waals surface area contributed by atoms with Crippen LogP contribution in [0.15, 0.2) is 26.5 Å². The van der Waals surface area contributed by atoms with Gasteiger partial charge in [0.2, 0.25) is 5.89 Å². The van der Waals surface area contributed by atoms with Gasteiger partial charge in [0.1, 0.15) is 12.9 Å². The molecule has 0 aliphatic carbocycles. The lowest BCUT2D eigenvalue weighted by molar-refractivity contribution is 0.0943. The highest BCUT2D eigenvalue weighted by Gasteiger charge is 2.37. The third-order valence-corrected chi connectivity index (χ3v) is 6.50. The summed E-state index contributed by atoms with van der Waals surface area (Å²) in [6.45, 7) is 5.66. The standard InChI is InChI=1S/C21H26FN5O5/c1-11-10-26(21(29)30)6-4-14(11)12(2)27-7-5-16(25-31-3)18-15(22)8-13(9-17(18)27)19-23-24-20(28)32-19/h8-9,11-12,14H,4-7,10H2,1-3H3,(H,24,28)(H,29,30)/b25-16+/t11-,12+,14+/m1/s1. The van der Waals surface area contributed by atoms with Crippen LogP contribution in [0.5, 0.6) is 0 Å². The molecule has 4 rings (SSSR count). The van der Waals surface area contributed by atoms with Crippen LogP contribution < -0.4 is 10.7 Å². The van der Waals surface area contributed by atoms with Gasteiger partial charge in [0.05, 0.1) is 11.3 Å². The average molecular weight is 447 g/mol. The van der Waals surface area contributed by atoms with Crippen molar-refractivity contribution in [3.63, 3.8) is 0 Å². The number of rotatable bonds is 4. The number of hydrogen-bond donors (Lipinski definition) is 2. The first-order valence-corrected chi connectivity index (χ1v) is 10.5. The van der Waals surface area contributed by atoms with Crippen LogP contribution in [0.25, 0.3) is 11.5 Å². The Kier molecular flexibility index (Phi) is 5.90. The number of hydrogen-bond acceptors (Lipinski definition) is 7. The molecule has 1 saturated heterocycles. The van der Waals surface area contributed by atoms with Gasteiger partial charge in [-0.2, -0.15) is 0 Å². The number of nitrogens with zero attached hydrogens (tertiary/aromatic N) is 4. The Labute approximate surface area is 183 Å². The van der Waals surface area contributed by atoms with E-state index in [0.717, 1.165) is 6.42 Å². The van der Waals surface area contributed by atoms with Gasteiger partial charge in [-0.1, -0.05) is 12.1 Å². The Morgan fingerprint density at radius 2 is 2.22 bits per heavy atom. The molecule has 3 atom stereocenters. The number of aromatic nitrogens is 2. The zero-order chi connectivity index (χ0) is 23.0. The van der Waals surface area contributed by atoms with E-state index in [1.165, 1.54) is 18.1 Å². The maximum atomic E-state index is 15.3. The number of aromatic amines is 1. The van der Waals surface area contributed by atoms with Crippen LogP contribution in [0, 0.1) is 17.7 Å². The Morgan fingerprint density at radius 1 is 1.44 bits per heavy atom. The molecule has 32 heavy (non-hydrogen) atoms. The van der Waals surface area contributed by atoms with Crippen LogP contribution in [-0.4, -0.2) is 64.8 Å². The molecule has 2 aliphatic rings. The molecule has 0 saturated carbocycles. The lowest BCUT2D eigenvalue weighted by Gasteiger charge is -2.45. The number of oxime groups is 1. The van der Waals surface area contributed by atoms with Crippen LogP contribution in [0.4, 0.5) is 14.9 Å². The molecule has 0 radical (unpaired) electrons. The van der Waals surface area contributed by atoms with Crippen LogP contribution >= 0.6 is 0 Å². The minimum absolute atomic E-state index is 0.00300. The minimum Gasteiger partial charge on any atom is -0.465 e. The second-order valence-electron chi connectivity index (χ2n) is 8.33. The summed E-state index contributed by atoms with van der Waals surface area (Å²) in [6, 6.07) is 3.03. The normalized spacial score (nSPS) is 23.2. The van der Waals surface area contributed by atoms with Gasteiger partial charge in [0.25, 0.3) is 0 Å². The molecule has 1 amide bonds. The highest BCUT2D eigenvalue weighted by molar-refractivity contribution is 6.07. The Balaban J connectivity index is 1.73. The van der Waals surface area contributed by atoms with Crippen molar-refractivity contribution in [2.45, 2.75) is 32.7 Å². The van der Waals surface area contributed by atoms with Crippen LogP contribution in [0.3, 0.4) is 0 Å². The summed E-state index contributed by atoms with van der Waals surface area (Å²) in [4.78, 5) is 31.3. The van der Waals surface area contributed by atoms with Crippen molar-refractivity contribution in [2.75, 3.05) is 31.6 Å². The maximum absolute atomic E-state index is 15.3. The Hall–Kier alpha value is -3.37. The summed E-state index contributed by atoms with van der Waals surface area (Å²) in [5.74, 6) is -0.865. The van der Waals surface area contributed by atoms with Crippen molar-refractivity contribution >= 4 is 17.5 Å².